The average molecular weight is 397 g/mol. The molecule has 96 valence electrons. The van der Waals surface area contributed by atoms with Crippen molar-refractivity contribution in [3.63, 3.8) is 0 Å². The second kappa shape index (κ2) is 12.0. The third-order valence-corrected chi connectivity index (χ3v) is 2.94. The maximum atomic E-state index is 5.31. The van der Waals surface area contributed by atoms with Crippen LogP contribution < -0.4 is 5.43 Å². The predicted octanol–water partition coefficient (Wildman–Crippen LogP) is 2.87. The molecule has 16 heavy (non-hydrogen) atoms. The van der Waals surface area contributed by atoms with Gasteiger partial charge in [-0.25, -0.2) is 0 Å². The normalized spacial score (nSPS) is 17.1. The summed E-state index contributed by atoms with van der Waals surface area (Å²) in [6.07, 6.45) is 7.60. The fourth-order valence-electron chi connectivity index (χ4n) is 1.83. The summed E-state index contributed by atoms with van der Waals surface area (Å²) in [7, 11) is 0. The molecule has 0 spiro atoms. The minimum atomic E-state index is 0. The van der Waals surface area contributed by atoms with Gasteiger partial charge in [-0.2, -0.15) is 0 Å². The number of nitrogens with zero attached hydrogens (tertiary/aromatic N) is 1. The van der Waals surface area contributed by atoms with Crippen molar-refractivity contribution in [1.82, 2.24) is 5.43 Å². The van der Waals surface area contributed by atoms with E-state index in [1.807, 2.05) is 0 Å². The number of nitrogens with one attached hydrogen (secondary N) is 1. The zero-order chi connectivity index (χ0) is 10.8. The van der Waals surface area contributed by atoms with Crippen molar-refractivity contribution in [2.75, 3.05) is 26.3 Å². The summed E-state index contributed by atoms with van der Waals surface area (Å²) in [5.74, 6) is 0.752. The Morgan fingerprint density at radius 1 is 1.19 bits per heavy atom. The monoisotopic (exact) mass is 397 g/mol. The molecule has 0 atom stereocenters. The summed E-state index contributed by atoms with van der Waals surface area (Å²) in [6, 6.07) is 0. The smallest absolute Gasteiger partial charge is 0.0468 e. The van der Waals surface area contributed by atoms with Crippen LogP contribution in [0, 0.1) is 5.92 Å². The molecule has 1 aliphatic rings. The van der Waals surface area contributed by atoms with Crippen molar-refractivity contribution in [3.8, 4) is 0 Å². The summed E-state index contributed by atoms with van der Waals surface area (Å²) >= 11 is 0. The second-order valence-electron chi connectivity index (χ2n) is 4.37. The molecule has 0 saturated carbocycles. The summed E-state index contributed by atoms with van der Waals surface area (Å²) in [5, 5.41) is 0. The maximum absolute atomic E-state index is 5.31. The molecule has 1 heterocycles. The number of rotatable bonds is 8. The van der Waals surface area contributed by atoms with Crippen molar-refractivity contribution < 1.29 is 25.8 Å². The number of hydrogen-bond acceptors (Lipinski definition) is 2. The van der Waals surface area contributed by atoms with Crippen molar-refractivity contribution >= 4 is 0 Å². The number of ether oxygens (including phenoxy) is 1. The van der Waals surface area contributed by atoms with Crippen LogP contribution in [0.25, 0.3) is 5.43 Å². The van der Waals surface area contributed by atoms with Gasteiger partial charge in [0.25, 0.3) is 0 Å². The molecule has 1 N–H and O–H groups in total. The van der Waals surface area contributed by atoms with Crippen LogP contribution in [0.5, 0.6) is 0 Å². The molecule has 0 radical (unpaired) electrons. The Kier molecular flexibility index (Phi) is 12.5. The van der Waals surface area contributed by atoms with Gasteiger partial charge in [0, 0.05) is 34.3 Å². The van der Waals surface area contributed by atoms with Gasteiger partial charge < -0.3 is 15.6 Å². The van der Waals surface area contributed by atoms with Gasteiger partial charge >= 0.3 is 0 Å². The largest absolute Gasteiger partial charge is 0.597 e. The Balaban J connectivity index is 0.00000225. The van der Waals surface area contributed by atoms with Crippen molar-refractivity contribution in [1.29, 1.82) is 0 Å². The van der Waals surface area contributed by atoms with Gasteiger partial charge in [-0.05, 0) is 25.8 Å². The summed E-state index contributed by atoms with van der Waals surface area (Å²) < 4.78 is 5.31. The Hall–Kier alpha value is 0.568. The van der Waals surface area contributed by atoms with Gasteiger partial charge in [-0.15, -0.1) is 6.54 Å². The first-order valence-electron chi connectivity index (χ1n) is 6.40. The molecule has 0 aromatic rings. The topological polar surface area (TPSA) is 35.4 Å². The van der Waals surface area contributed by atoms with Gasteiger partial charge in [0.05, 0.1) is 0 Å². The molecule has 0 bridgehead atoms. The Morgan fingerprint density at radius 2 is 1.94 bits per heavy atom. The average Bonchev–Trinajstić information content (AvgIpc) is 2.29. The van der Waals surface area contributed by atoms with E-state index in [2.05, 4.69) is 17.8 Å². The molecule has 1 aliphatic heterocycles. The van der Waals surface area contributed by atoms with Crippen LogP contribution >= 0.6 is 0 Å². The Morgan fingerprint density at radius 3 is 2.62 bits per heavy atom. The number of unbranched alkanes of at least 4 members (excludes halogenated alkanes) is 3. The quantitative estimate of drug-likeness (QED) is 0.505. The van der Waals surface area contributed by atoms with E-state index in [-0.39, 0.29) is 21.1 Å². The molecule has 0 aliphatic carbocycles. The van der Waals surface area contributed by atoms with E-state index in [0.29, 0.717) is 0 Å². The van der Waals surface area contributed by atoms with Gasteiger partial charge in [-0.3, -0.25) is 0 Å². The molecule has 0 aromatic heterocycles. The van der Waals surface area contributed by atoms with E-state index >= 15 is 0 Å². The van der Waals surface area contributed by atoms with Crippen LogP contribution in [0.4, 0.5) is 0 Å². The van der Waals surface area contributed by atoms with Crippen LogP contribution in [0.15, 0.2) is 0 Å². The molecule has 3 nitrogen and oxygen atoms in total. The van der Waals surface area contributed by atoms with Crippen LogP contribution in [0.2, 0.25) is 0 Å². The van der Waals surface area contributed by atoms with Crippen molar-refractivity contribution in [2.24, 2.45) is 5.92 Å². The minimum absolute atomic E-state index is 0. The summed E-state index contributed by atoms with van der Waals surface area (Å²) in [6.45, 7) is 6.11. The predicted molar refractivity (Wildman–Crippen MR) is 63.9 cm³/mol. The number of hydrogen-bond donors (Lipinski definition) is 1. The zero-order valence-electron chi connectivity index (χ0n) is 10.4. The van der Waals surface area contributed by atoms with Crippen LogP contribution in [-0.4, -0.2) is 26.3 Å². The molecular formula is C12H25N2OW-. The molecular weight excluding hydrogens is 372 g/mol. The first-order valence-corrected chi connectivity index (χ1v) is 6.40. The van der Waals surface area contributed by atoms with E-state index in [9.17, 15) is 0 Å². The zero-order valence-corrected chi connectivity index (χ0v) is 13.3. The fraction of sp³-hybridized carbons (Fsp3) is 1.00. The maximum Gasteiger partial charge on any atom is 0.0468 e. The fourth-order valence-corrected chi connectivity index (χ4v) is 1.83. The SMILES string of the molecule is CCCCCCN[N-]CC1CCOCC1.[W]. The van der Waals surface area contributed by atoms with Crippen molar-refractivity contribution in [3.05, 3.63) is 5.43 Å². The van der Waals surface area contributed by atoms with Crippen LogP contribution in [0.1, 0.15) is 45.4 Å². The molecule has 1 saturated heterocycles. The Bertz CT molecular complexity index is 141. The minimum Gasteiger partial charge on any atom is -0.597 e. The van der Waals surface area contributed by atoms with Gasteiger partial charge in [0.1, 0.15) is 0 Å². The van der Waals surface area contributed by atoms with Gasteiger partial charge in [0.2, 0.25) is 0 Å². The van der Waals surface area contributed by atoms with Crippen LogP contribution in [-0.2, 0) is 25.8 Å². The molecule has 0 unspecified atom stereocenters. The van der Waals surface area contributed by atoms with E-state index in [4.69, 9.17) is 4.74 Å². The van der Waals surface area contributed by atoms with E-state index in [1.165, 1.54) is 38.5 Å². The van der Waals surface area contributed by atoms with Gasteiger partial charge in [0.15, 0.2) is 0 Å². The van der Waals surface area contributed by atoms with Gasteiger partial charge in [-0.1, -0.05) is 32.1 Å². The first-order chi connectivity index (χ1) is 7.43. The second-order valence-corrected chi connectivity index (χ2v) is 4.37. The summed E-state index contributed by atoms with van der Waals surface area (Å²) in [5.41, 5.74) is 7.56. The molecule has 0 amide bonds. The third-order valence-electron chi connectivity index (χ3n) is 2.94. The third kappa shape index (κ3) is 8.69. The molecule has 4 heteroatoms. The molecule has 1 fully saturated rings. The summed E-state index contributed by atoms with van der Waals surface area (Å²) in [4.78, 5) is 0. The molecule has 0 aromatic carbocycles. The Labute approximate surface area is 114 Å². The van der Waals surface area contributed by atoms with Crippen molar-refractivity contribution in [2.45, 2.75) is 45.4 Å². The van der Waals surface area contributed by atoms with E-state index in [0.717, 1.165) is 32.2 Å². The standard InChI is InChI=1S/C12H25N2O.W/c1-2-3-4-5-8-13-14-11-12-6-9-15-10-7-12;/h12-13H,2-11H2,1H3;/q-1;. The van der Waals surface area contributed by atoms with E-state index < -0.39 is 0 Å². The first kappa shape index (κ1) is 16.6. The van der Waals surface area contributed by atoms with E-state index in [1.54, 1.807) is 0 Å². The van der Waals surface area contributed by atoms with Crippen LogP contribution in [0.3, 0.4) is 0 Å². The molecule has 1 rings (SSSR count).